The van der Waals surface area contributed by atoms with Gasteiger partial charge >= 0.3 is 0 Å². The van der Waals surface area contributed by atoms with Crippen LogP contribution in [-0.2, 0) is 17.6 Å². The number of phenols is 1. The van der Waals surface area contributed by atoms with E-state index in [2.05, 4.69) is 39.0 Å². The molecule has 0 bridgehead atoms. The van der Waals surface area contributed by atoms with Crippen molar-refractivity contribution in [2.24, 2.45) is 11.8 Å². The van der Waals surface area contributed by atoms with E-state index in [1.807, 2.05) is 17.8 Å². The van der Waals surface area contributed by atoms with Crippen LogP contribution >= 0.6 is 11.8 Å². The molecule has 1 aromatic carbocycles. The van der Waals surface area contributed by atoms with Crippen LogP contribution in [0.1, 0.15) is 56.4 Å². The molecule has 0 spiro atoms. The monoisotopic (exact) mass is 446 g/mol. The molecule has 4 rings (SSSR count). The SMILES string of the molecule is CCc1cc(O)c([C@@H]2O[C@H](CO)C[C@H](O)[C@@H]2O)cc1CC1=CC2C(C)CC=CC2(C)S1. The van der Waals surface area contributed by atoms with Gasteiger partial charge in [0, 0.05) is 23.2 Å². The predicted molar refractivity (Wildman–Crippen MR) is 123 cm³/mol. The van der Waals surface area contributed by atoms with Gasteiger partial charge in [-0.3, -0.25) is 0 Å². The summed E-state index contributed by atoms with van der Waals surface area (Å²) in [4.78, 5) is 1.33. The molecule has 6 heteroatoms. The highest BCUT2D eigenvalue weighted by Gasteiger charge is 2.42. The Kier molecular flexibility index (Phi) is 6.57. The van der Waals surface area contributed by atoms with Gasteiger partial charge < -0.3 is 25.2 Å². The number of thioether (sulfide) groups is 1. The number of allylic oxidation sites excluding steroid dienone is 3. The molecular formula is C25H34O5S. The van der Waals surface area contributed by atoms with Crippen molar-refractivity contribution < 1.29 is 25.2 Å². The summed E-state index contributed by atoms with van der Waals surface area (Å²) in [6, 6.07) is 3.67. The molecule has 0 saturated carbocycles. The van der Waals surface area contributed by atoms with E-state index >= 15 is 0 Å². The van der Waals surface area contributed by atoms with Gasteiger partial charge in [-0.25, -0.2) is 0 Å². The Morgan fingerprint density at radius 1 is 1.23 bits per heavy atom. The number of aryl methyl sites for hydroxylation is 1. The van der Waals surface area contributed by atoms with E-state index in [4.69, 9.17) is 4.74 Å². The van der Waals surface area contributed by atoms with E-state index in [9.17, 15) is 20.4 Å². The first-order valence-electron chi connectivity index (χ1n) is 11.3. The van der Waals surface area contributed by atoms with Crippen LogP contribution in [0.2, 0.25) is 0 Å². The number of aliphatic hydroxyl groups is 3. The minimum atomic E-state index is -1.15. The Balaban J connectivity index is 1.64. The van der Waals surface area contributed by atoms with Crippen LogP contribution in [0.25, 0.3) is 0 Å². The number of phenolic OH excluding ortho intramolecular Hbond substituents is 1. The number of hydrogen-bond acceptors (Lipinski definition) is 6. The molecule has 7 atom stereocenters. The zero-order valence-electron chi connectivity index (χ0n) is 18.5. The molecule has 170 valence electrons. The highest BCUT2D eigenvalue weighted by molar-refractivity contribution is 8.04. The van der Waals surface area contributed by atoms with E-state index in [1.54, 1.807) is 6.07 Å². The van der Waals surface area contributed by atoms with Crippen LogP contribution in [0.3, 0.4) is 0 Å². The second-order valence-corrected chi connectivity index (χ2v) is 11.0. The lowest BCUT2D eigenvalue weighted by molar-refractivity contribution is -0.180. The highest BCUT2D eigenvalue weighted by atomic mass is 32.2. The lowest BCUT2D eigenvalue weighted by atomic mass is 9.77. The van der Waals surface area contributed by atoms with Crippen LogP contribution in [0.5, 0.6) is 5.75 Å². The molecule has 1 aromatic rings. The van der Waals surface area contributed by atoms with Crippen molar-refractivity contribution in [1.29, 1.82) is 0 Å². The molecule has 1 fully saturated rings. The number of ether oxygens (including phenoxy) is 1. The van der Waals surface area contributed by atoms with Crippen LogP contribution < -0.4 is 0 Å². The molecule has 1 saturated heterocycles. The molecule has 2 aliphatic heterocycles. The average molecular weight is 447 g/mol. The summed E-state index contributed by atoms with van der Waals surface area (Å²) in [6.45, 7) is 6.45. The third kappa shape index (κ3) is 4.33. The second kappa shape index (κ2) is 8.91. The first kappa shape index (κ1) is 22.9. The fourth-order valence-electron chi connectivity index (χ4n) is 5.32. The maximum Gasteiger partial charge on any atom is 0.121 e. The largest absolute Gasteiger partial charge is 0.508 e. The predicted octanol–water partition coefficient (Wildman–Crippen LogP) is 3.64. The van der Waals surface area contributed by atoms with Crippen LogP contribution in [0.4, 0.5) is 0 Å². The number of benzene rings is 1. The van der Waals surface area contributed by atoms with Crippen molar-refractivity contribution >= 4 is 11.8 Å². The fourth-order valence-corrected chi connectivity index (χ4v) is 6.92. The summed E-state index contributed by atoms with van der Waals surface area (Å²) in [5.74, 6) is 1.19. The van der Waals surface area contributed by atoms with Crippen molar-refractivity contribution in [3.05, 3.63) is 52.0 Å². The second-order valence-electron chi connectivity index (χ2n) is 9.42. The van der Waals surface area contributed by atoms with Gasteiger partial charge in [0.05, 0.1) is 18.8 Å². The molecule has 0 radical (unpaired) electrons. The summed E-state index contributed by atoms with van der Waals surface area (Å²) in [7, 11) is 0. The van der Waals surface area contributed by atoms with Crippen molar-refractivity contribution in [2.75, 3.05) is 6.61 Å². The van der Waals surface area contributed by atoms with Crippen LogP contribution in [0, 0.1) is 11.8 Å². The Morgan fingerprint density at radius 3 is 2.68 bits per heavy atom. The van der Waals surface area contributed by atoms with Gasteiger partial charge in [0.1, 0.15) is 18.0 Å². The van der Waals surface area contributed by atoms with Gasteiger partial charge in [0.25, 0.3) is 0 Å². The van der Waals surface area contributed by atoms with Crippen LogP contribution in [-0.4, -0.2) is 50.1 Å². The standard InChI is InChI=1S/C25H34O5S/c1-4-15-10-21(27)19(24-23(29)22(28)11-17(13-26)30-24)9-16(15)8-18-12-20-14(2)6-5-7-25(20,3)31-18/h5,7,9-10,12,14,17,20,22-24,26-29H,4,6,8,11,13H2,1-3H3/t14?,17-,20?,22-,23-,24-,25?/m0/s1. The molecule has 3 unspecified atom stereocenters. The number of aliphatic hydroxyl groups excluding tert-OH is 3. The molecule has 1 aliphatic carbocycles. The van der Waals surface area contributed by atoms with Crippen molar-refractivity contribution in [3.8, 4) is 5.75 Å². The molecule has 0 aromatic heterocycles. The normalized spacial score (nSPS) is 37.5. The number of rotatable bonds is 5. The molecule has 3 aliphatic rings. The van der Waals surface area contributed by atoms with Crippen molar-refractivity contribution in [3.63, 3.8) is 0 Å². The third-order valence-corrected chi connectivity index (χ3v) is 8.49. The van der Waals surface area contributed by atoms with E-state index in [-0.39, 0.29) is 23.5 Å². The summed E-state index contributed by atoms with van der Waals surface area (Å²) in [6.07, 6.45) is 6.29. The highest BCUT2D eigenvalue weighted by Crippen LogP contribution is 2.53. The van der Waals surface area contributed by atoms with Crippen molar-refractivity contribution in [2.45, 2.75) is 75.6 Å². The molecule has 5 nitrogen and oxygen atoms in total. The number of aromatic hydroxyl groups is 1. The Bertz CT molecular complexity index is 881. The average Bonchev–Trinajstić information content (AvgIpc) is 3.08. The zero-order chi connectivity index (χ0) is 22.3. The quantitative estimate of drug-likeness (QED) is 0.517. The zero-order valence-corrected chi connectivity index (χ0v) is 19.3. The van der Waals surface area contributed by atoms with E-state index in [0.29, 0.717) is 17.4 Å². The summed E-state index contributed by atoms with van der Waals surface area (Å²) in [5, 5.41) is 41.0. The van der Waals surface area contributed by atoms with E-state index in [0.717, 1.165) is 30.4 Å². The Hall–Kier alpha value is -1.31. The van der Waals surface area contributed by atoms with E-state index in [1.165, 1.54) is 4.91 Å². The molecular weight excluding hydrogens is 412 g/mol. The van der Waals surface area contributed by atoms with Gasteiger partial charge in [-0.15, -0.1) is 11.8 Å². The molecule has 2 heterocycles. The fraction of sp³-hybridized carbons (Fsp3) is 0.600. The maximum absolute atomic E-state index is 10.7. The van der Waals surface area contributed by atoms with Crippen LogP contribution in [0.15, 0.2) is 35.3 Å². The van der Waals surface area contributed by atoms with Gasteiger partial charge in [0.15, 0.2) is 0 Å². The van der Waals surface area contributed by atoms with Gasteiger partial charge in [0.2, 0.25) is 0 Å². The first-order valence-corrected chi connectivity index (χ1v) is 12.1. The molecule has 0 amide bonds. The maximum atomic E-state index is 10.7. The minimum absolute atomic E-state index is 0.0562. The Morgan fingerprint density at radius 2 is 2.00 bits per heavy atom. The summed E-state index contributed by atoms with van der Waals surface area (Å²) < 4.78 is 5.94. The summed E-state index contributed by atoms with van der Waals surface area (Å²) >= 11 is 1.92. The van der Waals surface area contributed by atoms with Crippen molar-refractivity contribution in [1.82, 2.24) is 0 Å². The Labute approximate surface area is 188 Å². The number of fused-ring (bicyclic) bond motifs is 1. The smallest absolute Gasteiger partial charge is 0.121 e. The van der Waals surface area contributed by atoms with Gasteiger partial charge in [-0.1, -0.05) is 32.1 Å². The first-order chi connectivity index (χ1) is 14.8. The lowest BCUT2D eigenvalue weighted by Crippen LogP contribution is -2.44. The minimum Gasteiger partial charge on any atom is -0.508 e. The van der Waals surface area contributed by atoms with E-state index < -0.39 is 24.4 Å². The molecule has 4 N–H and O–H groups in total. The lowest BCUT2D eigenvalue weighted by Gasteiger charge is -2.37. The van der Waals surface area contributed by atoms with Gasteiger partial charge in [-0.2, -0.15) is 0 Å². The summed E-state index contributed by atoms with van der Waals surface area (Å²) in [5.41, 5.74) is 2.64. The molecule has 31 heavy (non-hydrogen) atoms. The third-order valence-electron chi connectivity index (χ3n) is 7.10. The van der Waals surface area contributed by atoms with Gasteiger partial charge in [-0.05, 0) is 59.8 Å². The topological polar surface area (TPSA) is 90.2 Å². The number of hydrogen-bond donors (Lipinski definition) is 4.